The summed E-state index contributed by atoms with van der Waals surface area (Å²) >= 11 is 3.79. The van der Waals surface area contributed by atoms with E-state index in [0.29, 0.717) is 17.6 Å². The molecular formula is C13H16O2S2. The smallest absolute Gasteiger partial charge is 0.310 e. The quantitative estimate of drug-likeness (QED) is 0.784. The van der Waals surface area contributed by atoms with Crippen LogP contribution in [0.5, 0.6) is 0 Å². The molecule has 1 fully saturated rings. The fraction of sp³-hybridized carbons (Fsp3) is 0.462. The highest BCUT2D eigenvalue weighted by molar-refractivity contribution is 8.17. The Balaban J connectivity index is 1.70. The Morgan fingerprint density at radius 2 is 1.94 bits per heavy atom. The van der Waals surface area contributed by atoms with Crippen molar-refractivity contribution in [3.63, 3.8) is 0 Å². The molecule has 1 saturated heterocycles. The molecule has 0 atom stereocenters. The molecule has 2 nitrogen and oxygen atoms in total. The summed E-state index contributed by atoms with van der Waals surface area (Å²) in [7, 11) is 0. The summed E-state index contributed by atoms with van der Waals surface area (Å²) in [5.41, 5.74) is 1.02. The van der Waals surface area contributed by atoms with E-state index in [9.17, 15) is 4.79 Å². The van der Waals surface area contributed by atoms with Gasteiger partial charge in [-0.15, -0.1) is 23.5 Å². The second-order valence-electron chi connectivity index (χ2n) is 3.87. The molecule has 0 amide bonds. The molecule has 0 aliphatic carbocycles. The van der Waals surface area contributed by atoms with Crippen molar-refractivity contribution in [2.45, 2.75) is 17.4 Å². The maximum atomic E-state index is 11.6. The summed E-state index contributed by atoms with van der Waals surface area (Å²) in [5.74, 6) is 2.25. The Morgan fingerprint density at radius 1 is 1.24 bits per heavy atom. The molecule has 1 heterocycles. The third kappa shape index (κ3) is 4.64. The van der Waals surface area contributed by atoms with E-state index >= 15 is 0 Å². The highest BCUT2D eigenvalue weighted by Crippen LogP contribution is 2.30. The minimum atomic E-state index is -0.122. The normalized spacial score (nSPS) is 16.7. The van der Waals surface area contributed by atoms with Gasteiger partial charge in [0.05, 0.1) is 11.0 Å². The molecule has 1 aliphatic heterocycles. The van der Waals surface area contributed by atoms with Gasteiger partial charge in [-0.25, -0.2) is 0 Å². The minimum absolute atomic E-state index is 0.122. The van der Waals surface area contributed by atoms with Crippen molar-refractivity contribution in [3.05, 3.63) is 35.9 Å². The maximum Gasteiger partial charge on any atom is 0.310 e. The average molecular weight is 268 g/mol. The Bertz CT molecular complexity index is 348. The first kappa shape index (κ1) is 12.8. The SMILES string of the molecule is O=C(Cc1ccccc1)OCC1SCCCS1. The second-order valence-corrected chi connectivity index (χ2v) is 6.79. The van der Waals surface area contributed by atoms with Crippen molar-refractivity contribution in [3.8, 4) is 0 Å². The molecule has 0 unspecified atom stereocenters. The molecule has 0 radical (unpaired) electrons. The van der Waals surface area contributed by atoms with Gasteiger partial charge in [-0.1, -0.05) is 30.3 Å². The lowest BCUT2D eigenvalue weighted by Crippen LogP contribution is -2.18. The lowest BCUT2D eigenvalue weighted by molar-refractivity contribution is -0.142. The van der Waals surface area contributed by atoms with Crippen molar-refractivity contribution in [1.82, 2.24) is 0 Å². The van der Waals surface area contributed by atoms with Crippen LogP contribution < -0.4 is 0 Å². The molecule has 1 aliphatic rings. The molecule has 4 heteroatoms. The Labute approximate surface area is 111 Å². The van der Waals surface area contributed by atoms with Crippen LogP contribution in [0.1, 0.15) is 12.0 Å². The summed E-state index contributed by atoms with van der Waals surface area (Å²) in [6.07, 6.45) is 1.65. The number of hydrogen-bond donors (Lipinski definition) is 0. The van der Waals surface area contributed by atoms with Crippen LogP contribution in [0.15, 0.2) is 30.3 Å². The summed E-state index contributed by atoms with van der Waals surface area (Å²) in [6.45, 7) is 0.543. The third-order valence-electron chi connectivity index (χ3n) is 2.47. The van der Waals surface area contributed by atoms with Gasteiger partial charge in [0.1, 0.15) is 6.61 Å². The van der Waals surface area contributed by atoms with Gasteiger partial charge in [-0.3, -0.25) is 4.79 Å². The standard InChI is InChI=1S/C13H16O2S2/c14-12(9-11-5-2-1-3-6-11)15-10-13-16-7-4-8-17-13/h1-3,5-6,13H,4,7-10H2. The van der Waals surface area contributed by atoms with Crippen LogP contribution in [-0.2, 0) is 16.0 Å². The van der Waals surface area contributed by atoms with Gasteiger partial charge < -0.3 is 4.74 Å². The lowest BCUT2D eigenvalue weighted by atomic mass is 10.2. The van der Waals surface area contributed by atoms with Crippen molar-refractivity contribution >= 4 is 29.5 Å². The van der Waals surface area contributed by atoms with Crippen LogP contribution in [-0.4, -0.2) is 28.7 Å². The summed E-state index contributed by atoms with van der Waals surface area (Å²) in [4.78, 5) is 11.6. The predicted octanol–water partition coefficient (Wildman–Crippen LogP) is 2.97. The van der Waals surface area contributed by atoms with Gasteiger partial charge in [-0.05, 0) is 23.5 Å². The van der Waals surface area contributed by atoms with Gasteiger partial charge in [0.15, 0.2) is 0 Å². The summed E-state index contributed by atoms with van der Waals surface area (Å²) < 4.78 is 5.74. The first-order valence-corrected chi connectivity index (χ1v) is 7.87. The second kappa shape index (κ2) is 6.97. The molecule has 1 aromatic rings. The van der Waals surface area contributed by atoms with Crippen molar-refractivity contribution in [2.75, 3.05) is 18.1 Å². The van der Waals surface area contributed by atoms with E-state index in [1.54, 1.807) is 0 Å². The highest BCUT2D eigenvalue weighted by Gasteiger charge is 2.16. The van der Waals surface area contributed by atoms with E-state index in [1.165, 1.54) is 17.9 Å². The fourth-order valence-electron chi connectivity index (χ4n) is 1.61. The van der Waals surface area contributed by atoms with Gasteiger partial charge >= 0.3 is 5.97 Å². The van der Waals surface area contributed by atoms with Crippen LogP contribution in [0.2, 0.25) is 0 Å². The largest absolute Gasteiger partial charge is 0.463 e. The molecule has 0 N–H and O–H groups in total. The van der Waals surface area contributed by atoms with Crippen LogP contribution in [0.3, 0.4) is 0 Å². The van der Waals surface area contributed by atoms with E-state index in [2.05, 4.69) is 0 Å². The minimum Gasteiger partial charge on any atom is -0.463 e. The molecule has 0 spiro atoms. The highest BCUT2D eigenvalue weighted by atomic mass is 32.2. The maximum absolute atomic E-state index is 11.6. The number of benzene rings is 1. The first-order valence-electron chi connectivity index (χ1n) is 5.77. The van der Waals surface area contributed by atoms with Gasteiger partial charge in [0, 0.05) is 0 Å². The molecule has 2 rings (SSSR count). The third-order valence-corrected chi connectivity index (χ3v) is 5.35. The zero-order chi connectivity index (χ0) is 11.9. The van der Waals surface area contributed by atoms with Gasteiger partial charge in [0.25, 0.3) is 0 Å². The molecule has 0 bridgehead atoms. The summed E-state index contributed by atoms with van der Waals surface area (Å²) in [5, 5.41) is 0. The number of thioether (sulfide) groups is 2. The monoisotopic (exact) mass is 268 g/mol. The zero-order valence-corrected chi connectivity index (χ0v) is 11.3. The number of hydrogen-bond acceptors (Lipinski definition) is 4. The Morgan fingerprint density at radius 3 is 2.65 bits per heavy atom. The van der Waals surface area contributed by atoms with Crippen LogP contribution >= 0.6 is 23.5 Å². The van der Waals surface area contributed by atoms with Gasteiger partial charge in [0.2, 0.25) is 0 Å². The summed E-state index contributed by atoms with van der Waals surface area (Å²) in [6, 6.07) is 9.73. The average Bonchev–Trinajstić information content (AvgIpc) is 2.39. The van der Waals surface area contributed by atoms with E-state index in [0.717, 1.165) is 5.56 Å². The van der Waals surface area contributed by atoms with Crippen LogP contribution in [0.4, 0.5) is 0 Å². The number of esters is 1. The molecule has 0 saturated carbocycles. The fourth-order valence-corrected chi connectivity index (χ4v) is 4.23. The number of carbonyl (C=O) groups excluding carboxylic acids is 1. The topological polar surface area (TPSA) is 26.3 Å². The van der Waals surface area contributed by atoms with Gasteiger partial charge in [-0.2, -0.15) is 0 Å². The zero-order valence-electron chi connectivity index (χ0n) is 9.63. The molecular weight excluding hydrogens is 252 g/mol. The molecule has 17 heavy (non-hydrogen) atoms. The van der Waals surface area contributed by atoms with E-state index in [-0.39, 0.29) is 5.97 Å². The van der Waals surface area contributed by atoms with E-state index < -0.39 is 0 Å². The number of carbonyl (C=O) groups is 1. The Hall–Kier alpha value is -0.610. The molecule has 1 aromatic carbocycles. The molecule has 0 aromatic heterocycles. The van der Waals surface area contributed by atoms with Crippen molar-refractivity contribution in [2.24, 2.45) is 0 Å². The first-order chi connectivity index (χ1) is 8.34. The number of ether oxygens (including phenoxy) is 1. The van der Waals surface area contributed by atoms with Crippen LogP contribution in [0, 0.1) is 0 Å². The van der Waals surface area contributed by atoms with Crippen molar-refractivity contribution in [1.29, 1.82) is 0 Å². The predicted molar refractivity (Wildman–Crippen MR) is 74.4 cm³/mol. The Kier molecular flexibility index (Phi) is 5.26. The van der Waals surface area contributed by atoms with E-state index in [1.807, 2.05) is 53.9 Å². The number of rotatable bonds is 4. The lowest BCUT2D eigenvalue weighted by Gasteiger charge is -2.20. The van der Waals surface area contributed by atoms with Crippen LogP contribution in [0.25, 0.3) is 0 Å². The molecule has 92 valence electrons. The van der Waals surface area contributed by atoms with E-state index in [4.69, 9.17) is 4.74 Å². The van der Waals surface area contributed by atoms with Crippen molar-refractivity contribution < 1.29 is 9.53 Å².